The van der Waals surface area contributed by atoms with Crippen LogP contribution in [0.15, 0.2) is 48.6 Å². The summed E-state index contributed by atoms with van der Waals surface area (Å²) in [5.74, 6) is 6.05. The van der Waals surface area contributed by atoms with E-state index in [1.165, 1.54) is 0 Å². The fourth-order valence-electron chi connectivity index (χ4n) is 6.57. The molecule has 10 heteroatoms. The molecule has 2 N–H and O–H groups in total. The Morgan fingerprint density at radius 2 is 1.93 bits per heavy atom. The Labute approximate surface area is 279 Å². The molecule has 1 aliphatic carbocycles. The summed E-state index contributed by atoms with van der Waals surface area (Å²) in [6.07, 6.45) is 8.51. The molecule has 5 rings (SSSR count). The number of fused-ring (bicyclic) bond motifs is 3. The van der Waals surface area contributed by atoms with Gasteiger partial charge in [-0.1, -0.05) is 42.5 Å². The standard InChI is InChI=1S/C36H46ClN3O5S/c1-25-9-7-17-36(42,18-8-19-39(3)4)32-15-12-29(32)23-40-20-6-5-10-27-21-31(37)14-11-30(27)24-45-34-16-13-28(22-33(34)40)35(41)38-46(43,44)26(25)2/h7,11,13-14,16-17,21-22,25-26,29,32,42H,5-6,9-10,12,15,19-20,23-24H2,1-4H3,(H,38,41)/b17-7+/t25-,26+,29-,32+,36+/m0/s1. The summed E-state index contributed by atoms with van der Waals surface area (Å²) in [5, 5.41) is 11.9. The average Bonchev–Trinajstić information content (AvgIpc) is 3.01. The zero-order valence-electron chi connectivity index (χ0n) is 27.3. The Hall–Kier alpha value is -3.03. The van der Waals surface area contributed by atoms with E-state index in [0.717, 1.165) is 48.9 Å². The molecular weight excluding hydrogens is 622 g/mol. The van der Waals surface area contributed by atoms with Crippen molar-refractivity contribution in [1.29, 1.82) is 0 Å². The first kappa shape index (κ1) is 34.3. The molecule has 2 aromatic carbocycles. The van der Waals surface area contributed by atoms with Crippen LogP contribution >= 0.6 is 11.6 Å². The minimum Gasteiger partial charge on any atom is -0.487 e. The smallest absolute Gasteiger partial charge is 0.264 e. The van der Waals surface area contributed by atoms with Gasteiger partial charge in [0, 0.05) is 29.6 Å². The lowest BCUT2D eigenvalue weighted by Gasteiger charge is -2.46. The Balaban J connectivity index is 1.57. The Morgan fingerprint density at radius 1 is 1.13 bits per heavy atom. The van der Waals surface area contributed by atoms with Gasteiger partial charge in [-0.3, -0.25) is 9.69 Å². The highest BCUT2D eigenvalue weighted by atomic mass is 35.5. The number of sulfonamides is 1. The van der Waals surface area contributed by atoms with Crippen LogP contribution in [0.25, 0.3) is 0 Å². The maximum absolute atomic E-state index is 13.4. The summed E-state index contributed by atoms with van der Waals surface area (Å²) in [4.78, 5) is 17.6. The number of benzene rings is 2. The number of allylic oxidation sites excluding steroid dienone is 1. The Kier molecular flexibility index (Phi) is 10.7. The molecule has 0 unspecified atom stereocenters. The normalized spacial score (nSPS) is 28.9. The van der Waals surface area contributed by atoms with Gasteiger partial charge < -0.3 is 14.7 Å². The quantitative estimate of drug-likeness (QED) is 0.309. The van der Waals surface area contributed by atoms with Gasteiger partial charge in [-0.05, 0) is 119 Å². The van der Waals surface area contributed by atoms with Crippen molar-refractivity contribution in [1.82, 2.24) is 9.62 Å². The van der Waals surface area contributed by atoms with Gasteiger partial charge in [0.05, 0.1) is 17.5 Å². The number of anilines is 1. The van der Waals surface area contributed by atoms with Crippen LogP contribution in [0.3, 0.4) is 0 Å². The van der Waals surface area contributed by atoms with E-state index >= 15 is 0 Å². The summed E-state index contributed by atoms with van der Waals surface area (Å²) in [5.41, 5.74) is 1.86. The van der Waals surface area contributed by atoms with Crippen molar-refractivity contribution in [3.05, 3.63) is 70.3 Å². The lowest BCUT2D eigenvalue weighted by Crippen LogP contribution is -2.49. The van der Waals surface area contributed by atoms with Crippen molar-refractivity contribution in [3.63, 3.8) is 0 Å². The summed E-state index contributed by atoms with van der Waals surface area (Å²) in [6.45, 7) is 5.65. The number of hydrogen-bond donors (Lipinski definition) is 2. The number of hydrogen-bond acceptors (Lipinski definition) is 7. The van der Waals surface area contributed by atoms with Gasteiger partial charge in [-0.2, -0.15) is 0 Å². The molecule has 1 fully saturated rings. The number of nitrogens with zero attached hydrogens (tertiary/aromatic N) is 2. The first-order valence-corrected chi connectivity index (χ1v) is 18.2. The van der Waals surface area contributed by atoms with Gasteiger partial charge in [-0.15, -0.1) is 0 Å². The number of amides is 1. The third-order valence-corrected chi connectivity index (χ3v) is 11.9. The van der Waals surface area contributed by atoms with Crippen molar-refractivity contribution in [2.45, 2.75) is 69.8 Å². The van der Waals surface area contributed by atoms with Crippen LogP contribution in [0.2, 0.25) is 5.02 Å². The second-order valence-corrected chi connectivity index (χ2v) is 15.9. The molecule has 0 aromatic heterocycles. The molecule has 1 amide bonds. The van der Waals surface area contributed by atoms with Gasteiger partial charge in [0.1, 0.15) is 18.0 Å². The fourth-order valence-corrected chi connectivity index (χ4v) is 8.05. The van der Waals surface area contributed by atoms with Crippen molar-refractivity contribution in [2.75, 3.05) is 38.6 Å². The topological polar surface area (TPSA) is 99.2 Å². The van der Waals surface area contributed by atoms with Crippen LogP contribution in [0.1, 0.15) is 67.4 Å². The lowest BCUT2D eigenvalue weighted by atomic mass is 9.64. The van der Waals surface area contributed by atoms with Gasteiger partial charge in [-0.25, -0.2) is 13.1 Å². The number of aliphatic hydroxyl groups is 1. The molecule has 46 heavy (non-hydrogen) atoms. The van der Waals surface area contributed by atoms with Gasteiger partial charge >= 0.3 is 0 Å². The molecule has 3 aliphatic rings. The monoisotopic (exact) mass is 667 g/mol. The van der Waals surface area contributed by atoms with Gasteiger partial charge in [0.2, 0.25) is 10.0 Å². The van der Waals surface area contributed by atoms with E-state index in [2.05, 4.69) is 21.5 Å². The van der Waals surface area contributed by atoms with Crippen LogP contribution in [0.5, 0.6) is 5.75 Å². The predicted molar refractivity (Wildman–Crippen MR) is 184 cm³/mol. The van der Waals surface area contributed by atoms with Crippen LogP contribution in [-0.2, 0) is 23.1 Å². The summed E-state index contributed by atoms with van der Waals surface area (Å²) >= 11 is 6.34. The lowest BCUT2D eigenvalue weighted by molar-refractivity contribution is -0.00299. The van der Waals surface area contributed by atoms with Crippen molar-refractivity contribution in [2.24, 2.45) is 17.8 Å². The second kappa shape index (κ2) is 14.4. The SMILES string of the molecule is C[C@@H]1[C@@H](C)C/C=C/[C@@](O)(C#CCN(C)C)[C@@H]2CC[C@H]2CN2CCCCc3cc(Cl)ccc3COc3ccc(cc32)C(=O)NS1(=O)=O. The molecule has 5 atom stereocenters. The largest absolute Gasteiger partial charge is 0.487 e. The average molecular weight is 668 g/mol. The van der Waals surface area contributed by atoms with Crippen molar-refractivity contribution in [3.8, 4) is 17.6 Å². The van der Waals surface area contributed by atoms with E-state index in [1.807, 2.05) is 50.2 Å². The first-order valence-electron chi connectivity index (χ1n) is 16.3. The van der Waals surface area contributed by atoms with E-state index in [4.69, 9.17) is 16.3 Å². The zero-order valence-corrected chi connectivity index (χ0v) is 28.8. The molecule has 0 saturated heterocycles. The van der Waals surface area contributed by atoms with Crippen LogP contribution < -0.4 is 14.4 Å². The van der Waals surface area contributed by atoms with Crippen molar-refractivity contribution >= 4 is 33.2 Å². The minimum atomic E-state index is -3.98. The molecule has 2 bridgehead atoms. The highest BCUT2D eigenvalue weighted by Gasteiger charge is 2.45. The number of aryl methyl sites for hydroxylation is 1. The molecule has 248 valence electrons. The molecular formula is C36H46ClN3O5S. The maximum atomic E-state index is 13.4. The number of ether oxygens (including phenoxy) is 1. The number of carbonyl (C=O) groups excluding carboxylic acids is 1. The molecule has 0 radical (unpaired) electrons. The molecule has 0 spiro atoms. The van der Waals surface area contributed by atoms with Gasteiger partial charge in [0.25, 0.3) is 5.91 Å². The number of rotatable bonds is 1. The molecule has 8 nitrogen and oxygen atoms in total. The third kappa shape index (κ3) is 7.91. The fraction of sp³-hybridized carbons (Fsp3) is 0.528. The van der Waals surface area contributed by atoms with Gasteiger partial charge in [0.15, 0.2) is 0 Å². The number of nitrogens with one attached hydrogen (secondary N) is 1. The molecule has 1 saturated carbocycles. The van der Waals surface area contributed by atoms with Crippen LogP contribution in [-0.4, -0.2) is 68.9 Å². The Bertz CT molecular complexity index is 1630. The minimum absolute atomic E-state index is 0.0942. The zero-order chi connectivity index (χ0) is 33.1. The van der Waals surface area contributed by atoms with Crippen molar-refractivity contribution < 1.29 is 23.1 Å². The molecule has 2 aromatic rings. The third-order valence-electron chi connectivity index (χ3n) is 9.76. The van der Waals surface area contributed by atoms with E-state index in [0.29, 0.717) is 43.4 Å². The Morgan fingerprint density at radius 3 is 2.67 bits per heavy atom. The van der Waals surface area contributed by atoms with Crippen LogP contribution in [0.4, 0.5) is 5.69 Å². The number of halogens is 1. The second-order valence-electron chi connectivity index (χ2n) is 13.4. The van der Waals surface area contributed by atoms with E-state index in [-0.39, 0.29) is 23.3 Å². The number of carbonyl (C=O) groups is 1. The van der Waals surface area contributed by atoms with E-state index < -0.39 is 26.8 Å². The maximum Gasteiger partial charge on any atom is 0.264 e. The highest BCUT2D eigenvalue weighted by Crippen LogP contribution is 2.45. The first-order chi connectivity index (χ1) is 21.9. The highest BCUT2D eigenvalue weighted by molar-refractivity contribution is 7.90. The predicted octanol–water partition coefficient (Wildman–Crippen LogP) is 5.43. The molecule has 2 aliphatic heterocycles. The summed E-state index contributed by atoms with van der Waals surface area (Å²) in [7, 11) is -0.0971. The summed E-state index contributed by atoms with van der Waals surface area (Å²) in [6, 6.07) is 11.0. The molecule has 2 heterocycles. The van der Waals surface area contributed by atoms with E-state index in [9.17, 15) is 18.3 Å². The summed E-state index contributed by atoms with van der Waals surface area (Å²) < 4.78 is 35.4. The van der Waals surface area contributed by atoms with Crippen LogP contribution in [0, 0.1) is 29.6 Å². The van der Waals surface area contributed by atoms with E-state index in [1.54, 1.807) is 31.2 Å².